The Morgan fingerprint density at radius 2 is 2.16 bits per heavy atom. The van der Waals surface area contributed by atoms with E-state index in [2.05, 4.69) is 4.98 Å². The van der Waals surface area contributed by atoms with E-state index in [9.17, 15) is 9.90 Å². The zero-order valence-corrected chi connectivity index (χ0v) is 11.6. The Labute approximate surface area is 118 Å². The van der Waals surface area contributed by atoms with Gasteiger partial charge in [-0.05, 0) is 25.0 Å². The van der Waals surface area contributed by atoms with Gasteiger partial charge in [-0.3, -0.25) is 4.79 Å². The minimum Gasteiger partial charge on any atom is -0.395 e. The molecular formula is C14H19ClN2O2. The summed E-state index contributed by atoms with van der Waals surface area (Å²) in [6.45, 7) is 0.328. The molecule has 0 aromatic carbocycles. The fourth-order valence-corrected chi connectivity index (χ4v) is 2.85. The average Bonchev–Trinajstić information content (AvgIpc) is 2.45. The summed E-state index contributed by atoms with van der Waals surface area (Å²) in [6, 6.07) is 3.60. The van der Waals surface area contributed by atoms with Crippen LogP contribution in [0.2, 0.25) is 5.15 Å². The minimum atomic E-state index is -0.126. The van der Waals surface area contributed by atoms with Crippen LogP contribution in [0.1, 0.15) is 42.5 Å². The largest absolute Gasteiger partial charge is 0.395 e. The monoisotopic (exact) mass is 282 g/mol. The number of aliphatic hydroxyl groups excluding tert-OH is 1. The molecule has 1 amide bonds. The van der Waals surface area contributed by atoms with Crippen molar-refractivity contribution in [2.45, 2.75) is 38.1 Å². The van der Waals surface area contributed by atoms with E-state index in [1.165, 1.54) is 6.42 Å². The average molecular weight is 283 g/mol. The first kappa shape index (κ1) is 14.3. The first-order valence-electron chi connectivity index (χ1n) is 6.76. The third kappa shape index (κ3) is 3.45. The van der Waals surface area contributed by atoms with Crippen molar-refractivity contribution in [3.8, 4) is 0 Å². The maximum Gasteiger partial charge on any atom is 0.257 e. The number of rotatable bonds is 4. The number of pyridine rings is 1. The van der Waals surface area contributed by atoms with Gasteiger partial charge in [0.05, 0.1) is 12.2 Å². The van der Waals surface area contributed by atoms with Gasteiger partial charge in [0.1, 0.15) is 5.15 Å². The predicted octanol–water partition coefficient (Wildman–Crippen LogP) is 2.50. The van der Waals surface area contributed by atoms with E-state index in [1.54, 1.807) is 23.2 Å². The quantitative estimate of drug-likeness (QED) is 0.864. The molecule has 1 aromatic rings. The van der Waals surface area contributed by atoms with Gasteiger partial charge in [0.2, 0.25) is 0 Å². The predicted molar refractivity (Wildman–Crippen MR) is 74.2 cm³/mol. The van der Waals surface area contributed by atoms with Crippen LogP contribution >= 0.6 is 11.6 Å². The number of halogens is 1. The van der Waals surface area contributed by atoms with Crippen LogP contribution in [0.5, 0.6) is 0 Å². The van der Waals surface area contributed by atoms with Crippen LogP contribution < -0.4 is 0 Å². The number of nitrogens with zero attached hydrogens (tertiary/aromatic N) is 2. The molecule has 4 nitrogen and oxygen atoms in total. The molecule has 0 radical (unpaired) electrons. The zero-order valence-electron chi connectivity index (χ0n) is 10.9. The second-order valence-corrected chi connectivity index (χ2v) is 5.21. The summed E-state index contributed by atoms with van der Waals surface area (Å²) < 4.78 is 0. The molecule has 0 saturated heterocycles. The van der Waals surface area contributed by atoms with E-state index in [1.807, 2.05) is 0 Å². The van der Waals surface area contributed by atoms with E-state index in [-0.39, 0.29) is 23.7 Å². The third-order valence-corrected chi connectivity index (χ3v) is 3.91. The fourth-order valence-electron chi connectivity index (χ4n) is 2.65. The lowest BCUT2D eigenvalue weighted by atomic mass is 9.93. The normalized spacial score (nSPS) is 16.3. The number of hydrogen-bond donors (Lipinski definition) is 1. The van der Waals surface area contributed by atoms with Crippen LogP contribution in [-0.4, -0.2) is 40.1 Å². The highest BCUT2D eigenvalue weighted by molar-refractivity contribution is 6.32. The van der Waals surface area contributed by atoms with Gasteiger partial charge >= 0.3 is 0 Å². The first-order valence-corrected chi connectivity index (χ1v) is 7.14. The Kier molecular flexibility index (Phi) is 5.16. The van der Waals surface area contributed by atoms with E-state index < -0.39 is 0 Å². The van der Waals surface area contributed by atoms with Gasteiger partial charge in [-0.15, -0.1) is 0 Å². The van der Waals surface area contributed by atoms with Crippen molar-refractivity contribution >= 4 is 17.5 Å². The van der Waals surface area contributed by atoms with Crippen molar-refractivity contribution in [1.82, 2.24) is 9.88 Å². The lowest BCUT2D eigenvalue weighted by molar-refractivity contribution is 0.0585. The van der Waals surface area contributed by atoms with Crippen molar-refractivity contribution in [3.05, 3.63) is 29.0 Å². The lowest BCUT2D eigenvalue weighted by Crippen LogP contribution is -2.43. The molecule has 0 unspecified atom stereocenters. The van der Waals surface area contributed by atoms with Gasteiger partial charge in [-0.2, -0.15) is 0 Å². The summed E-state index contributed by atoms with van der Waals surface area (Å²) in [5.74, 6) is -0.126. The van der Waals surface area contributed by atoms with Crippen LogP contribution in [0.25, 0.3) is 0 Å². The van der Waals surface area contributed by atoms with Crippen LogP contribution in [0.3, 0.4) is 0 Å². The van der Waals surface area contributed by atoms with Crippen LogP contribution in [-0.2, 0) is 0 Å². The summed E-state index contributed by atoms with van der Waals surface area (Å²) in [5.41, 5.74) is 0.420. The van der Waals surface area contributed by atoms with Gasteiger partial charge < -0.3 is 10.0 Å². The first-order chi connectivity index (χ1) is 9.24. The number of aromatic nitrogens is 1. The molecule has 0 bridgehead atoms. The summed E-state index contributed by atoms with van der Waals surface area (Å²) in [6.07, 6.45) is 7.08. The number of carbonyl (C=O) groups excluding carboxylic acids is 1. The zero-order chi connectivity index (χ0) is 13.7. The van der Waals surface area contributed by atoms with Gasteiger partial charge in [-0.25, -0.2) is 4.98 Å². The van der Waals surface area contributed by atoms with Crippen molar-refractivity contribution < 1.29 is 9.90 Å². The second-order valence-electron chi connectivity index (χ2n) is 4.86. The molecule has 1 saturated carbocycles. The minimum absolute atomic E-state index is 0.0277. The second kappa shape index (κ2) is 6.87. The smallest absolute Gasteiger partial charge is 0.257 e. The molecule has 104 valence electrons. The molecule has 5 heteroatoms. The molecule has 1 heterocycles. The molecule has 0 atom stereocenters. The number of carbonyl (C=O) groups is 1. The Hall–Kier alpha value is -1.13. The van der Waals surface area contributed by atoms with Crippen LogP contribution in [0.15, 0.2) is 18.3 Å². The summed E-state index contributed by atoms with van der Waals surface area (Å²) in [5, 5.41) is 9.42. The van der Waals surface area contributed by atoms with Gasteiger partial charge in [-0.1, -0.05) is 30.9 Å². The SMILES string of the molecule is O=C(c1cccnc1Cl)N(CCO)C1CCCCC1. The van der Waals surface area contributed by atoms with Gasteiger partial charge in [0, 0.05) is 18.8 Å². The topological polar surface area (TPSA) is 53.4 Å². The lowest BCUT2D eigenvalue weighted by Gasteiger charge is -2.34. The van der Waals surface area contributed by atoms with Crippen LogP contribution in [0.4, 0.5) is 0 Å². The van der Waals surface area contributed by atoms with E-state index in [0.717, 1.165) is 25.7 Å². The Morgan fingerprint density at radius 1 is 1.42 bits per heavy atom. The van der Waals surface area contributed by atoms with Crippen molar-refractivity contribution in [2.75, 3.05) is 13.2 Å². The Morgan fingerprint density at radius 3 is 2.79 bits per heavy atom. The maximum atomic E-state index is 12.5. The van der Waals surface area contributed by atoms with Gasteiger partial charge in [0.25, 0.3) is 5.91 Å². The highest BCUT2D eigenvalue weighted by Gasteiger charge is 2.27. The van der Waals surface area contributed by atoms with Crippen molar-refractivity contribution in [3.63, 3.8) is 0 Å². The molecule has 19 heavy (non-hydrogen) atoms. The summed E-state index contributed by atoms with van der Waals surface area (Å²) >= 11 is 5.98. The highest BCUT2D eigenvalue weighted by atomic mass is 35.5. The molecular weight excluding hydrogens is 264 g/mol. The van der Waals surface area contributed by atoms with Crippen molar-refractivity contribution in [2.24, 2.45) is 0 Å². The molecule has 1 aromatic heterocycles. The van der Waals surface area contributed by atoms with Gasteiger partial charge in [0.15, 0.2) is 0 Å². The highest BCUT2D eigenvalue weighted by Crippen LogP contribution is 2.25. The molecule has 1 aliphatic carbocycles. The van der Waals surface area contributed by atoms with E-state index in [0.29, 0.717) is 12.1 Å². The fraction of sp³-hybridized carbons (Fsp3) is 0.571. The number of aliphatic hydroxyl groups is 1. The number of amides is 1. The molecule has 2 rings (SSSR count). The summed E-state index contributed by atoms with van der Waals surface area (Å²) in [7, 11) is 0. The van der Waals surface area contributed by atoms with Crippen molar-refractivity contribution in [1.29, 1.82) is 0 Å². The molecule has 1 aliphatic rings. The summed E-state index contributed by atoms with van der Waals surface area (Å²) in [4.78, 5) is 18.2. The standard InChI is InChI=1S/C14H19ClN2O2/c15-13-12(7-4-8-16-13)14(19)17(9-10-18)11-5-2-1-3-6-11/h4,7-8,11,18H,1-3,5-6,9-10H2. The van der Waals surface area contributed by atoms with E-state index >= 15 is 0 Å². The third-order valence-electron chi connectivity index (χ3n) is 3.61. The van der Waals surface area contributed by atoms with E-state index in [4.69, 9.17) is 11.6 Å². The molecule has 1 fully saturated rings. The molecule has 0 aliphatic heterocycles. The van der Waals surface area contributed by atoms with Crippen LogP contribution in [0, 0.1) is 0 Å². The molecule has 1 N–H and O–H groups in total. The maximum absolute atomic E-state index is 12.5. The number of hydrogen-bond acceptors (Lipinski definition) is 3. The Balaban J connectivity index is 2.18. The Bertz CT molecular complexity index is 433. The molecule has 0 spiro atoms.